The molecule has 1 aromatic carbocycles. The molecule has 19 heavy (non-hydrogen) atoms. The molecule has 0 aromatic heterocycles. The van der Waals surface area contributed by atoms with E-state index >= 15 is 0 Å². The van der Waals surface area contributed by atoms with Crippen molar-refractivity contribution in [2.75, 3.05) is 0 Å². The maximum atomic E-state index is 3.97. The minimum Gasteiger partial charge on any atom is -0.307 e. The molecule has 1 heteroatoms. The summed E-state index contributed by atoms with van der Waals surface area (Å²) in [6.45, 7) is 7.00. The Morgan fingerprint density at radius 2 is 1.79 bits per heavy atom. The number of benzene rings is 1. The molecule has 1 fully saturated rings. The maximum Gasteiger partial charge on any atom is 0.0345 e. The maximum absolute atomic E-state index is 3.97. The molecule has 0 bridgehead atoms. The summed E-state index contributed by atoms with van der Waals surface area (Å²) in [5.74, 6) is 1.51. The highest BCUT2D eigenvalue weighted by molar-refractivity contribution is 5.19. The quantitative estimate of drug-likeness (QED) is 0.789. The zero-order chi connectivity index (χ0) is 13.7. The van der Waals surface area contributed by atoms with Crippen LogP contribution < -0.4 is 5.32 Å². The third-order valence-corrected chi connectivity index (χ3v) is 4.65. The summed E-state index contributed by atoms with van der Waals surface area (Å²) in [7, 11) is 0. The van der Waals surface area contributed by atoms with Gasteiger partial charge in [0.1, 0.15) is 0 Å². The van der Waals surface area contributed by atoms with E-state index in [0.717, 1.165) is 5.92 Å². The van der Waals surface area contributed by atoms with E-state index in [4.69, 9.17) is 0 Å². The smallest absolute Gasteiger partial charge is 0.0345 e. The second-order valence-corrected chi connectivity index (χ2v) is 6.36. The summed E-state index contributed by atoms with van der Waals surface area (Å²) < 4.78 is 0. The summed E-state index contributed by atoms with van der Waals surface area (Å²) in [6.07, 6.45) is 6.90. The van der Waals surface area contributed by atoms with Crippen molar-refractivity contribution in [1.82, 2.24) is 5.32 Å². The first-order valence-corrected chi connectivity index (χ1v) is 8.03. The van der Waals surface area contributed by atoms with Crippen LogP contribution in [-0.4, -0.2) is 6.04 Å². The van der Waals surface area contributed by atoms with E-state index in [1.165, 1.54) is 37.7 Å². The zero-order valence-electron chi connectivity index (χ0n) is 12.7. The Morgan fingerprint density at radius 3 is 2.42 bits per heavy atom. The van der Waals surface area contributed by atoms with Gasteiger partial charge in [0.2, 0.25) is 0 Å². The molecule has 2 rings (SSSR count). The lowest BCUT2D eigenvalue weighted by Crippen LogP contribution is -2.42. The molecule has 3 unspecified atom stereocenters. The minimum absolute atomic E-state index is 0.498. The molecule has 0 aliphatic heterocycles. The first-order valence-electron chi connectivity index (χ1n) is 8.03. The summed E-state index contributed by atoms with van der Waals surface area (Å²) in [5.41, 5.74) is 1.44. The third kappa shape index (κ3) is 3.82. The van der Waals surface area contributed by atoms with E-state index in [1.54, 1.807) is 0 Å². The standard InChI is InChI=1S/C18H29N/c1-4-15-10-8-9-13-17(15)19-18(14(2)3)16-11-6-5-7-12-16/h5-7,11-12,14-15,17-19H,4,8-10,13H2,1-3H3. The van der Waals surface area contributed by atoms with Gasteiger partial charge in [0.15, 0.2) is 0 Å². The fourth-order valence-corrected chi connectivity index (χ4v) is 3.48. The predicted octanol–water partition coefficient (Wildman–Crippen LogP) is 4.94. The van der Waals surface area contributed by atoms with Crippen molar-refractivity contribution in [3.63, 3.8) is 0 Å². The summed E-state index contributed by atoms with van der Waals surface area (Å²) in [6, 6.07) is 12.2. The van der Waals surface area contributed by atoms with Gasteiger partial charge in [0, 0.05) is 12.1 Å². The van der Waals surface area contributed by atoms with Gasteiger partial charge in [-0.2, -0.15) is 0 Å². The largest absolute Gasteiger partial charge is 0.307 e. The van der Waals surface area contributed by atoms with E-state index in [1.807, 2.05) is 0 Å². The Bertz CT molecular complexity index is 357. The number of hydrogen-bond donors (Lipinski definition) is 1. The van der Waals surface area contributed by atoms with Crippen LogP contribution in [0.15, 0.2) is 30.3 Å². The van der Waals surface area contributed by atoms with Crippen LogP contribution in [0.5, 0.6) is 0 Å². The van der Waals surface area contributed by atoms with Gasteiger partial charge in [-0.25, -0.2) is 0 Å². The predicted molar refractivity (Wildman–Crippen MR) is 83.2 cm³/mol. The highest BCUT2D eigenvalue weighted by Gasteiger charge is 2.27. The molecule has 1 saturated carbocycles. The first-order chi connectivity index (χ1) is 9.22. The second-order valence-electron chi connectivity index (χ2n) is 6.36. The van der Waals surface area contributed by atoms with E-state index in [9.17, 15) is 0 Å². The SMILES string of the molecule is CCC1CCCCC1NC(c1ccccc1)C(C)C. The Morgan fingerprint density at radius 1 is 1.11 bits per heavy atom. The molecule has 0 saturated heterocycles. The summed E-state index contributed by atoms with van der Waals surface area (Å²) in [4.78, 5) is 0. The van der Waals surface area contributed by atoms with Crippen molar-refractivity contribution < 1.29 is 0 Å². The highest BCUT2D eigenvalue weighted by atomic mass is 15.0. The number of hydrogen-bond acceptors (Lipinski definition) is 1. The molecule has 0 radical (unpaired) electrons. The molecule has 106 valence electrons. The first kappa shape index (κ1) is 14.6. The minimum atomic E-state index is 0.498. The van der Waals surface area contributed by atoms with Crippen LogP contribution >= 0.6 is 0 Å². The summed E-state index contributed by atoms with van der Waals surface area (Å²) in [5, 5.41) is 3.97. The number of rotatable bonds is 5. The van der Waals surface area contributed by atoms with Gasteiger partial charge in [-0.3, -0.25) is 0 Å². The molecule has 1 aliphatic rings. The normalized spacial score (nSPS) is 25.5. The fraction of sp³-hybridized carbons (Fsp3) is 0.667. The zero-order valence-corrected chi connectivity index (χ0v) is 12.7. The Kier molecular flexibility index (Phi) is 5.45. The average molecular weight is 259 g/mol. The van der Waals surface area contributed by atoms with Crippen molar-refractivity contribution in [3.8, 4) is 0 Å². The van der Waals surface area contributed by atoms with Crippen LogP contribution in [0.3, 0.4) is 0 Å². The molecule has 0 spiro atoms. The lowest BCUT2D eigenvalue weighted by atomic mass is 9.81. The summed E-state index contributed by atoms with van der Waals surface area (Å²) >= 11 is 0. The van der Waals surface area contributed by atoms with Crippen molar-refractivity contribution >= 4 is 0 Å². The van der Waals surface area contributed by atoms with Gasteiger partial charge < -0.3 is 5.32 Å². The van der Waals surface area contributed by atoms with Gasteiger partial charge in [-0.05, 0) is 30.2 Å². The van der Waals surface area contributed by atoms with Gasteiger partial charge in [0.05, 0.1) is 0 Å². The van der Waals surface area contributed by atoms with E-state index < -0.39 is 0 Å². The van der Waals surface area contributed by atoms with Gasteiger partial charge >= 0.3 is 0 Å². The highest BCUT2D eigenvalue weighted by Crippen LogP contribution is 2.30. The van der Waals surface area contributed by atoms with E-state index in [-0.39, 0.29) is 0 Å². The molecule has 0 heterocycles. The van der Waals surface area contributed by atoms with Crippen LogP contribution in [0.2, 0.25) is 0 Å². The molecular weight excluding hydrogens is 230 g/mol. The van der Waals surface area contributed by atoms with Crippen molar-refractivity contribution in [2.24, 2.45) is 11.8 Å². The molecule has 0 amide bonds. The molecule has 3 atom stereocenters. The van der Waals surface area contributed by atoms with E-state index in [0.29, 0.717) is 18.0 Å². The molecule has 1 aromatic rings. The van der Waals surface area contributed by atoms with Crippen molar-refractivity contribution in [2.45, 2.75) is 65.0 Å². The second kappa shape index (κ2) is 7.09. The van der Waals surface area contributed by atoms with Crippen LogP contribution in [0.1, 0.15) is 64.5 Å². The topological polar surface area (TPSA) is 12.0 Å². The Hall–Kier alpha value is -0.820. The van der Waals surface area contributed by atoms with Gasteiger partial charge in [0.25, 0.3) is 0 Å². The Balaban J connectivity index is 2.08. The molecule has 1 aliphatic carbocycles. The van der Waals surface area contributed by atoms with Crippen LogP contribution in [0.4, 0.5) is 0 Å². The average Bonchev–Trinajstić information content (AvgIpc) is 2.45. The molecule has 1 nitrogen and oxygen atoms in total. The van der Waals surface area contributed by atoms with Gasteiger partial charge in [-0.1, -0.05) is 70.4 Å². The third-order valence-electron chi connectivity index (χ3n) is 4.65. The molecular formula is C18H29N. The van der Waals surface area contributed by atoms with E-state index in [2.05, 4.69) is 56.4 Å². The number of nitrogens with one attached hydrogen (secondary N) is 1. The lowest BCUT2D eigenvalue weighted by molar-refractivity contribution is 0.219. The monoisotopic (exact) mass is 259 g/mol. The Labute approximate surface area is 118 Å². The van der Waals surface area contributed by atoms with Crippen LogP contribution in [0, 0.1) is 11.8 Å². The lowest BCUT2D eigenvalue weighted by Gasteiger charge is -2.36. The van der Waals surface area contributed by atoms with Crippen LogP contribution in [-0.2, 0) is 0 Å². The fourth-order valence-electron chi connectivity index (χ4n) is 3.48. The molecule has 1 N–H and O–H groups in total. The van der Waals surface area contributed by atoms with Crippen molar-refractivity contribution in [3.05, 3.63) is 35.9 Å². The van der Waals surface area contributed by atoms with Crippen molar-refractivity contribution in [1.29, 1.82) is 0 Å². The van der Waals surface area contributed by atoms with Crippen LogP contribution in [0.25, 0.3) is 0 Å². The van der Waals surface area contributed by atoms with Gasteiger partial charge in [-0.15, -0.1) is 0 Å².